The molecule has 2 aliphatic heterocycles. The van der Waals surface area contributed by atoms with Crippen molar-refractivity contribution in [3.8, 4) is 0 Å². The fraction of sp³-hybridized carbons (Fsp3) is 0.364. The minimum atomic E-state index is -0.201. The molecule has 8 heteroatoms. The number of nitrogens with zero attached hydrogens (tertiary/aromatic N) is 2. The largest absolute Gasteiger partial charge is 0.322 e. The Morgan fingerprint density at radius 2 is 2.16 bits per heavy atom. The van der Waals surface area contributed by atoms with Crippen molar-refractivity contribution in [3.63, 3.8) is 0 Å². The first-order valence-corrected chi connectivity index (χ1v) is 7.60. The van der Waals surface area contributed by atoms with Crippen molar-refractivity contribution in [1.82, 2.24) is 9.80 Å². The molecule has 2 aliphatic rings. The van der Waals surface area contributed by atoms with Crippen LogP contribution in [0.2, 0.25) is 0 Å². The molecule has 19 heavy (non-hydrogen) atoms. The van der Waals surface area contributed by atoms with Crippen molar-refractivity contribution in [2.24, 2.45) is 0 Å². The summed E-state index contributed by atoms with van der Waals surface area (Å²) in [6, 6.07) is 3.33. The lowest BCUT2D eigenvalue weighted by molar-refractivity contribution is -0.128. The summed E-state index contributed by atoms with van der Waals surface area (Å²) in [4.78, 5) is 37.7. The van der Waals surface area contributed by atoms with Gasteiger partial charge in [-0.1, -0.05) is 11.8 Å². The second-order valence-corrected chi connectivity index (χ2v) is 6.16. The Kier molecular flexibility index (Phi) is 3.19. The second kappa shape index (κ2) is 4.86. The summed E-state index contributed by atoms with van der Waals surface area (Å²) in [7, 11) is 0. The number of carbonyl (C=O) groups excluding carboxylic acids is 3. The van der Waals surface area contributed by atoms with Gasteiger partial charge in [-0.05, 0) is 17.5 Å². The van der Waals surface area contributed by atoms with Gasteiger partial charge in [0.15, 0.2) is 0 Å². The van der Waals surface area contributed by atoms with Gasteiger partial charge in [-0.15, -0.1) is 11.3 Å². The van der Waals surface area contributed by atoms with E-state index in [-0.39, 0.29) is 29.0 Å². The summed E-state index contributed by atoms with van der Waals surface area (Å²) in [5.41, 5.74) is 0. The van der Waals surface area contributed by atoms with Crippen molar-refractivity contribution in [2.45, 2.75) is 6.04 Å². The van der Waals surface area contributed by atoms with Gasteiger partial charge in [-0.3, -0.25) is 19.8 Å². The Labute approximate surface area is 117 Å². The predicted octanol–water partition coefficient (Wildman–Crippen LogP) is 1.66. The Morgan fingerprint density at radius 1 is 1.37 bits per heavy atom. The Morgan fingerprint density at radius 3 is 2.74 bits per heavy atom. The molecule has 2 fully saturated rings. The van der Waals surface area contributed by atoms with Gasteiger partial charge in [0.05, 0.1) is 16.8 Å². The first kappa shape index (κ1) is 12.5. The van der Waals surface area contributed by atoms with Crippen molar-refractivity contribution in [1.29, 1.82) is 0 Å². The highest BCUT2D eigenvalue weighted by Crippen LogP contribution is 2.26. The van der Waals surface area contributed by atoms with E-state index in [1.807, 2.05) is 17.5 Å². The average molecular weight is 297 g/mol. The third kappa shape index (κ3) is 2.33. The second-order valence-electron chi connectivity index (χ2n) is 4.28. The van der Waals surface area contributed by atoms with Crippen LogP contribution in [0.5, 0.6) is 0 Å². The van der Waals surface area contributed by atoms with Gasteiger partial charge < -0.3 is 4.90 Å². The minimum Gasteiger partial charge on any atom is -0.320 e. The number of hydrogen-bond donors (Lipinski definition) is 1. The summed E-state index contributed by atoms with van der Waals surface area (Å²) in [5.74, 6) is 0.0646. The number of hydrogen-bond acceptors (Lipinski definition) is 5. The van der Waals surface area contributed by atoms with Gasteiger partial charge in [-0.2, -0.15) is 0 Å². The molecule has 0 aromatic carbocycles. The van der Waals surface area contributed by atoms with E-state index >= 15 is 0 Å². The monoisotopic (exact) mass is 297 g/mol. The highest BCUT2D eigenvalue weighted by Gasteiger charge is 2.43. The molecule has 6 nitrogen and oxygen atoms in total. The number of nitrogens with one attached hydrogen (secondary N) is 1. The molecular formula is C11H11N3O3S2. The zero-order chi connectivity index (χ0) is 13.4. The average Bonchev–Trinajstić information content (AvgIpc) is 2.91. The highest BCUT2D eigenvalue weighted by molar-refractivity contribution is 8.14. The molecule has 0 aliphatic carbocycles. The molecular weight excluding hydrogens is 286 g/mol. The van der Waals surface area contributed by atoms with Gasteiger partial charge in [0.25, 0.3) is 5.24 Å². The summed E-state index contributed by atoms with van der Waals surface area (Å²) >= 11 is 2.47. The van der Waals surface area contributed by atoms with Gasteiger partial charge in [0.1, 0.15) is 0 Å². The number of urea groups is 1. The van der Waals surface area contributed by atoms with Crippen LogP contribution in [-0.2, 0) is 4.79 Å². The fourth-order valence-corrected chi connectivity index (χ4v) is 3.42. The van der Waals surface area contributed by atoms with Crippen molar-refractivity contribution >= 4 is 45.3 Å². The van der Waals surface area contributed by atoms with Crippen molar-refractivity contribution < 1.29 is 14.4 Å². The summed E-state index contributed by atoms with van der Waals surface area (Å²) < 4.78 is 0. The number of imide groups is 1. The van der Waals surface area contributed by atoms with E-state index in [9.17, 15) is 14.4 Å². The van der Waals surface area contributed by atoms with E-state index in [0.717, 1.165) is 16.8 Å². The third-order valence-corrected chi connectivity index (χ3v) is 4.67. The summed E-state index contributed by atoms with van der Waals surface area (Å²) in [5, 5.41) is 5.24. The lowest BCUT2D eigenvalue weighted by Crippen LogP contribution is -2.62. The first-order chi connectivity index (χ1) is 9.15. The van der Waals surface area contributed by atoms with Crippen LogP contribution in [0.1, 0.15) is 0 Å². The fourth-order valence-electron chi connectivity index (χ4n) is 2.04. The van der Waals surface area contributed by atoms with Gasteiger partial charge in [-0.25, -0.2) is 4.79 Å². The molecule has 1 aromatic rings. The lowest BCUT2D eigenvalue weighted by atomic mass is 10.1. The van der Waals surface area contributed by atoms with Crippen molar-refractivity contribution in [2.75, 3.05) is 24.2 Å². The maximum Gasteiger partial charge on any atom is 0.322 e. The Balaban J connectivity index is 1.54. The van der Waals surface area contributed by atoms with Crippen molar-refractivity contribution in [3.05, 3.63) is 17.5 Å². The zero-order valence-electron chi connectivity index (χ0n) is 9.87. The quantitative estimate of drug-likeness (QED) is 0.901. The first-order valence-electron chi connectivity index (χ1n) is 5.73. The van der Waals surface area contributed by atoms with Gasteiger partial charge in [0, 0.05) is 13.1 Å². The maximum atomic E-state index is 11.8. The van der Waals surface area contributed by atoms with Crippen LogP contribution in [-0.4, -0.2) is 51.9 Å². The van der Waals surface area contributed by atoms with Crippen LogP contribution in [0.3, 0.4) is 0 Å². The number of carbonyl (C=O) groups is 3. The number of rotatable bonds is 2. The summed E-state index contributed by atoms with van der Waals surface area (Å²) in [6.07, 6.45) is 0. The topological polar surface area (TPSA) is 69.7 Å². The molecule has 3 heterocycles. The molecule has 0 radical (unpaired) electrons. The molecule has 0 unspecified atom stereocenters. The van der Waals surface area contributed by atoms with Crippen LogP contribution in [0.15, 0.2) is 17.5 Å². The number of anilines is 1. The van der Waals surface area contributed by atoms with Crippen LogP contribution in [0, 0.1) is 0 Å². The highest BCUT2D eigenvalue weighted by atomic mass is 32.2. The number of amides is 4. The lowest BCUT2D eigenvalue weighted by Gasteiger charge is -2.42. The molecule has 0 spiro atoms. The third-order valence-electron chi connectivity index (χ3n) is 3.05. The molecule has 0 bridgehead atoms. The van der Waals surface area contributed by atoms with E-state index in [4.69, 9.17) is 0 Å². The van der Waals surface area contributed by atoms with Crippen LogP contribution in [0.4, 0.5) is 14.6 Å². The zero-order valence-corrected chi connectivity index (χ0v) is 11.5. The molecule has 1 N–H and O–H groups in total. The molecule has 1 aromatic heterocycles. The van der Waals surface area contributed by atoms with Gasteiger partial charge >= 0.3 is 6.03 Å². The Bertz CT molecular complexity index is 509. The normalized spacial score (nSPS) is 19.8. The molecule has 3 rings (SSSR count). The van der Waals surface area contributed by atoms with E-state index < -0.39 is 0 Å². The number of thiophene rings is 1. The standard InChI is InChI=1S/C11H11N3O3S2/c15-9-6-19-11(17)14(9)7-4-13(5-7)10(16)12-8-2-1-3-18-8/h1-3,7H,4-6H2,(H,12,16). The van der Waals surface area contributed by atoms with E-state index in [0.29, 0.717) is 13.1 Å². The number of likely N-dealkylation sites (tertiary alicyclic amines) is 1. The van der Waals surface area contributed by atoms with E-state index in [1.54, 1.807) is 4.90 Å². The SMILES string of the molecule is O=C(Nc1cccs1)N1CC(N2C(=O)CSC2=O)C1. The Hall–Kier alpha value is -1.54. The van der Waals surface area contributed by atoms with E-state index in [2.05, 4.69) is 5.32 Å². The van der Waals surface area contributed by atoms with Crippen LogP contribution < -0.4 is 5.32 Å². The maximum absolute atomic E-state index is 11.8. The van der Waals surface area contributed by atoms with E-state index in [1.165, 1.54) is 16.2 Å². The molecule has 0 saturated carbocycles. The molecule has 2 saturated heterocycles. The van der Waals surface area contributed by atoms with Crippen LogP contribution in [0.25, 0.3) is 0 Å². The molecule has 100 valence electrons. The predicted molar refractivity (Wildman–Crippen MR) is 73.4 cm³/mol. The number of thioether (sulfide) groups is 1. The molecule has 0 atom stereocenters. The smallest absolute Gasteiger partial charge is 0.320 e. The summed E-state index contributed by atoms with van der Waals surface area (Å²) in [6.45, 7) is 0.824. The molecule has 4 amide bonds. The van der Waals surface area contributed by atoms with Gasteiger partial charge in [0.2, 0.25) is 5.91 Å². The van der Waals surface area contributed by atoms with Crippen LogP contribution >= 0.6 is 23.1 Å². The minimum absolute atomic E-state index is 0.154.